The Labute approximate surface area is 136 Å². The predicted octanol–water partition coefficient (Wildman–Crippen LogP) is 5.88. The van der Waals surface area contributed by atoms with E-state index in [0.717, 1.165) is 23.6 Å². The number of hydrogen-bond acceptors (Lipinski definition) is 1. The molecular weight excluding hydrogens is 292 g/mol. The van der Waals surface area contributed by atoms with E-state index >= 15 is 0 Å². The molecule has 3 rings (SSSR count). The van der Waals surface area contributed by atoms with Crippen LogP contribution >= 0.6 is 11.6 Å². The first-order valence-electron chi connectivity index (χ1n) is 7.49. The Balaban J connectivity index is 2.17. The number of methoxy groups -OCH3 is 1. The van der Waals surface area contributed by atoms with Crippen molar-refractivity contribution in [3.05, 3.63) is 82.1 Å². The fourth-order valence-corrected chi connectivity index (χ4v) is 3.01. The number of benzene rings is 2. The molecular formula is C20H19ClO. The third-order valence-corrected chi connectivity index (χ3v) is 4.28. The SMILES string of the molecule is COC1=CCCC(c2ccc(Cl)cc2)=C1c1ccc(C)cc1. The van der Waals surface area contributed by atoms with Gasteiger partial charge in [0, 0.05) is 10.6 Å². The third kappa shape index (κ3) is 2.95. The molecule has 22 heavy (non-hydrogen) atoms. The fraction of sp³-hybridized carbons (Fsp3) is 0.200. The molecule has 112 valence electrons. The van der Waals surface area contributed by atoms with Crippen LogP contribution < -0.4 is 0 Å². The molecule has 0 saturated heterocycles. The number of allylic oxidation sites excluding steroid dienone is 3. The van der Waals surface area contributed by atoms with Gasteiger partial charge >= 0.3 is 0 Å². The van der Waals surface area contributed by atoms with Crippen molar-refractivity contribution in [3.8, 4) is 0 Å². The summed E-state index contributed by atoms with van der Waals surface area (Å²) in [4.78, 5) is 0. The maximum atomic E-state index is 6.03. The van der Waals surface area contributed by atoms with Crippen molar-refractivity contribution in [1.29, 1.82) is 0 Å². The summed E-state index contributed by atoms with van der Waals surface area (Å²) in [6, 6.07) is 16.7. The zero-order chi connectivity index (χ0) is 15.5. The van der Waals surface area contributed by atoms with Gasteiger partial charge in [0.1, 0.15) is 5.76 Å². The molecule has 0 N–H and O–H groups in total. The summed E-state index contributed by atoms with van der Waals surface area (Å²) in [6.07, 6.45) is 4.18. The van der Waals surface area contributed by atoms with Crippen molar-refractivity contribution in [1.82, 2.24) is 0 Å². The minimum atomic E-state index is 0.763. The molecule has 0 atom stereocenters. The van der Waals surface area contributed by atoms with Crippen LogP contribution in [-0.2, 0) is 4.74 Å². The molecule has 1 aliphatic rings. The quantitative estimate of drug-likeness (QED) is 0.687. The molecule has 0 radical (unpaired) electrons. The molecule has 0 heterocycles. The van der Waals surface area contributed by atoms with Gasteiger partial charge in [-0.05, 0) is 54.7 Å². The van der Waals surface area contributed by atoms with E-state index in [-0.39, 0.29) is 0 Å². The lowest BCUT2D eigenvalue weighted by Gasteiger charge is -2.22. The van der Waals surface area contributed by atoms with Crippen molar-refractivity contribution in [2.75, 3.05) is 7.11 Å². The van der Waals surface area contributed by atoms with Gasteiger partial charge in [-0.25, -0.2) is 0 Å². The Bertz CT molecular complexity index is 721. The van der Waals surface area contributed by atoms with E-state index in [1.165, 1.54) is 27.8 Å². The Hall–Kier alpha value is -1.99. The summed E-state index contributed by atoms with van der Waals surface area (Å²) in [7, 11) is 1.74. The number of halogens is 1. The van der Waals surface area contributed by atoms with Crippen LogP contribution in [0, 0.1) is 6.92 Å². The smallest absolute Gasteiger partial charge is 0.123 e. The van der Waals surface area contributed by atoms with Crippen LogP contribution in [0.25, 0.3) is 11.1 Å². The van der Waals surface area contributed by atoms with E-state index in [4.69, 9.17) is 16.3 Å². The zero-order valence-electron chi connectivity index (χ0n) is 12.9. The van der Waals surface area contributed by atoms with E-state index in [1.807, 2.05) is 12.1 Å². The second-order valence-corrected chi connectivity index (χ2v) is 5.97. The van der Waals surface area contributed by atoms with Gasteiger partial charge in [0.05, 0.1) is 7.11 Å². The first-order valence-corrected chi connectivity index (χ1v) is 7.87. The van der Waals surface area contributed by atoms with Crippen LogP contribution in [-0.4, -0.2) is 7.11 Å². The topological polar surface area (TPSA) is 9.23 Å². The molecule has 0 aliphatic heterocycles. The average Bonchev–Trinajstić information content (AvgIpc) is 2.56. The lowest BCUT2D eigenvalue weighted by Crippen LogP contribution is -2.03. The first kappa shape index (κ1) is 14.9. The molecule has 2 aromatic carbocycles. The highest BCUT2D eigenvalue weighted by atomic mass is 35.5. The first-order chi connectivity index (χ1) is 10.7. The minimum absolute atomic E-state index is 0.763. The summed E-state index contributed by atoms with van der Waals surface area (Å²) in [5.74, 6) is 0.958. The predicted molar refractivity (Wildman–Crippen MR) is 93.8 cm³/mol. The maximum absolute atomic E-state index is 6.03. The van der Waals surface area contributed by atoms with Gasteiger partial charge in [-0.3, -0.25) is 0 Å². The molecule has 1 aliphatic carbocycles. The summed E-state index contributed by atoms with van der Waals surface area (Å²) in [5.41, 5.74) is 6.18. The number of hydrogen-bond donors (Lipinski definition) is 0. The second-order valence-electron chi connectivity index (χ2n) is 5.54. The Morgan fingerprint density at radius 2 is 1.55 bits per heavy atom. The Morgan fingerprint density at radius 1 is 0.909 bits per heavy atom. The third-order valence-electron chi connectivity index (χ3n) is 4.03. The Kier molecular flexibility index (Phi) is 4.35. The zero-order valence-corrected chi connectivity index (χ0v) is 13.7. The molecule has 0 saturated carbocycles. The number of aryl methyl sites for hydroxylation is 1. The van der Waals surface area contributed by atoms with E-state index in [2.05, 4.69) is 49.4 Å². The summed E-state index contributed by atoms with van der Waals surface area (Å²) < 4.78 is 5.64. The van der Waals surface area contributed by atoms with Crippen molar-refractivity contribution in [3.63, 3.8) is 0 Å². The van der Waals surface area contributed by atoms with Crippen LogP contribution in [0.2, 0.25) is 5.02 Å². The van der Waals surface area contributed by atoms with Crippen LogP contribution in [0.1, 0.15) is 29.5 Å². The van der Waals surface area contributed by atoms with Crippen LogP contribution in [0.4, 0.5) is 0 Å². The largest absolute Gasteiger partial charge is 0.496 e. The maximum Gasteiger partial charge on any atom is 0.123 e. The van der Waals surface area contributed by atoms with Gasteiger partial charge in [-0.1, -0.05) is 53.6 Å². The summed E-state index contributed by atoms with van der Waals surface area (Å²) in [5, 5.41) is 0.763. The van der Waals surface area contributed by atoms with E-state index in [1.54, 1.807) is 7.11 Å². The lowest BCUT2D eigenvalue weighted by molar-refractivity contribution is 0.308. The van der Waals surface area contributed by atoms with Gasteiger partial charge in [0.2, 0.25) is 0 Å². The normalized spacial score (nSPS) is 14.8. The van der Waals surface area contributed by atoms with Gasteiger partial charge < -0.3 is 4.74 Å². The van der Waals surface area contributed by atoms with Crippen LogP contribution in [0.15, 0.2) is 60.4 Å². The van der Waals surface area contributed by atoms with Crippen LogP contribution in [0.3, 0.4) is 0 Å². The van der Waals surface area contributed by atoms with Crippen LogP contribution in [0.5, 0.6) is 0 Å². The second kappa shape index (κ2) is 6.41. The Morgan fingerprint density at radius 3 is 2.18 bits per heavy atom. The molecule has 0 bridgehead atoms. The molecule has 0 aromatic heterocycles. The molecule has 0 unspecified atom stereocenters. The molecule has 1 nitrogen and oxygen atoms in total. The van der Waals surface area contributed by atoms with E-state index in [9.17, 15) is 0 Å². The highest BCUT2D eigenvalue weighted by Crippen LogP contribution is 2.39. The monoisotopic (exact) mass is 310 g/mol. The van der Waals surface area contributed by atoms with Crippen molar-refractivity contribution < 1.29 is 4.74 Å². The molecule has 0 fully saturated rings. The van der Waals surface area contributed by atoms with Crippen molar-refractivity contribution in [2.24, 2.45) is 0 Å². The van der Waals surface area contributed by atoms with Crippen molar-refractivity contribution in [2.45, 2.75) is 19.8 Å². The summed E-state index contributed by atoms with van der Waals surface area (Å²) >= 11 is 6.03. The average molecular weight is 311 g/mol. The molecule has 2 aromatic rings. The van der Waals surface area contributed by atoms with Crippen molar-refractivity contribution >= 4 is 22.7 Å². The minimum Gasteiger partial charge on any atom is -0.496 e. The van der Waals surface area contributed by atoms with Gasteiger partial charge in [0.25, 0.3) is 0 Å². The van der Waals surface area contributed by atoms with E-state index < -0.39 is 0 Å². The highest BCUT2D eigenvalue weighted by Gasteiger charge is 2.19. The number of ether oxygens (including phenoxy) is 1. The summed E-state index contributed by atoms with van der Waals surface area (Å²) in [6.45, 7) is 2.10. The number of rotatable bonds is 3. The standard InChI is InChI=1S/C20H19ClO/c1-14-6-8-16(9-7-14)20-18(4-3-5-19(20)22-2)15-10-12-17(21)13-11-15/h5-13H,3-4H2,1-2H3. The molecule has 0 amide bonds. The highest BCUT2D eigenvalue weighted by molar-refractivity contribution is 6.30. The van der Waals surface area contributed by atoms with Gasteiger partial charge in [0.15, 0.2) is 0 Å². The lowest BCUT2D eigenvalue weighted by atomic mass is 9.86. The van der Waals surface area contributed by atoms with Gasteiger partial charge in [-0.15, -0.1) is 0 Å². The molecule has 0 spiro atoms. The molecule has 2 heteroatoms. The fourth-order valence-electron chi connectivity index (χ4n) is 2.89. The van der Waals surface area contributed by atoms with E-state index in [0.29, 0.717) is 0 Å². The van der Waals surface area contributed by atoms with Gasteiger partial charge in [-0.2, -0.15) is 0 Å².